The van der Waals surface area contributed by atoms with Crippen LogP contribution in [-0.2, 0) is 11.2 Å². The van der Waals surface area contributed by atoms with Crippen LogP contribution in [0.1, 0.15) is 26.0 Å². The van der Waals surface area contributed by atoms with Crippen molar-refractivity contribution in [1.82, 2.24) is 20.3 Å². The van der Waals surface area contributed by atoms with Gasteiger partial charge in [0.05, 0.1) is 31.0 Å². The van der Waals surface area contributed by atoms with Gasteiger partial charge in [-0.05, 0) is 12.3 Å². The van der Waals surface area contributed by atoms with E-state index in [9.17, 15) is 9.90 Å². The smallest absolute Gasteiger partial charge is 0.226 e. The summed E-state index contributed by atoms with van der Waals surface area (Å²) < 4.78 is 0. The Hall–Kier alpha value is -1.86. The SMILES string of the molecule is CC(C)CC(CO)NC(=O)Cc1csc(-c2cnccn2)n1. The molecule has 118 valence electrons. The first-order valence-corrected chi connectivity index (χ1v) is 8.07. The lowest BCUT2D eigenvalue weighted by Crippen LogP contribution is -2.39. The van der Waals surface area contributed by atoms with E-state index in [1.807, 2.05) is 5.38 Å². The Balaban J connectivity index is 1.94. The van der Waals surface area contributed by atoms with Gasteiger partial charge in [-0.3, -0.25) is 14.8 Å². The molecule has 6 nitrogen and oxygen atoms in total. The lowest BCUT2D eigenvalue weighted by atomic mass is 10.0. The second-order valence-corrected chi connectivity index (χ2v) is 6.35. The second-order valence-electron chi connectivity index (χ2n) is 5.49. The fraction of sp³-hybridized carbons (Fsp3) is 0.467. The van der Waals surface area contributed by atoms with Gasteiger partial charge in [-0.15, -0.1) is 11.3 Å². The highest BCUT2D eigenvalue weighted by atomic mass is 32.1. The van der Waals surface area contributed by atoms with E-state index in [4.69, 9.17) is 0 Å². The Labute approximate surface area is 133 Å². The average molecular weight is 320 g/mol. The zero-order valence-corrected chi connectivity index (χ0v) is 13.5. The van der Waals surface area contributed by atoms with E-state index in [2.05, 4.69) is 34.1 Å². The molecule has 0 saturated heterocycles. The molecule has 0 radical (unpaired) electrons. The maximum atomic E-state index is 12.0. The molecule has 0 aliphatic carbocycles. The van der Waals surface area contributed by atoms with Gasteiger partial charge in [-0.1, -0.05) is 13.8 Å². The number of nitrogens with one attached hydrogen (secondary N) is 1. The van der Waals surface area contributed by atoms with Crippen molar-refractivity contribution in [2.24, 2.45) is 5.92 Å². The predicted molar refractivity (Wildman–Crippen MR) is 85.3 cm³/mol. The highest BCUT2D eigenvalue weighted by Crippen LogP contribution is 2.20. The molecular formula is C15H20N4O2S. The van der Waals surface area contributed by atoms with Crippen molar-refractivity contribution in [3.8, 4) is 10.7 Å². The molecule has 0 bridgehead atoms. The standard InChI is InChI=1S/C15H20N4O2S/c1-10(2)5-11(8-20)18-14(21)6-12-9-22-15(19-12)13-7-16-3-4-17-13/h3-4,7,9-11,20H,5-6,8H2,1-2H3,(H,18,21). The van der Waals surface area contributed by atoms with Gasteiger partial charge in [0.25, 0.3) is 0 Å². The number of aliphatic hydroxyl groups is 1. The van der Waals surface area contributed by atoms with Crippen LogP contribution in [0.15, 0.2) is 24.0 Å². The number of aliphatic hydroxyl groups excluding tert-OH is 1. The normalized spacial score (nSPS) is 12.4. The van der Waals surface area contributed by atoms with Gasteiger partial charge in [0.1, 0.15) is 10.7 Å². The Morgan fingerprint density at radius 1 is 1.41 bits per heavy atom. The summed E-state index contributed by atoms with van der Waals surface area (Å²) in [4.78, 5) is 24.6. The highest BCUT2D eigenvalue weighted by Gasteiger charge is 2.15. The van der Waals surface area contributed by atoms with Crippen molar-refractivity contribution >= 4 is 17.2 Å². The summed E-state index contributed by atoms with van der Waals surface area (Å²) in [6.07, 6.45) is 5.82. The molecule has 7 heteroatoms. The van der Waals surface area contributed by atoms with Crippen LogP contribution in [0.25, 0.3) is 10.7 Å². The van der Waals surface area contributed by atoms with E-state index in [-0.39, 0.29) is 25.0 Å². The molecule has 0 aliphatic heterocycles. The van der Waals surface area contributed by atoms with Crippen LogP contribution < -0.4 is 5.32 Å². The monoisotopic (exact) mass is 320 g/mol. The van der Waals surface area contributed by atoms with Crippen LogP contribution in [-0.4, -0.2) is 38.6 Å². The largest absolute Gasteiger partial charge is 0.394 e. The maximum Gasteiger partial charge on any atom is 0.226 e. The number of hydrogen-bond acceptors (Lipinski definition) is 6. The summed E-state index contributed by atoms with van der Waals surface area (Å²) in [6, 6.07) is -0.203. The van der Waals surface area contributed by atoms with E-state index in [0.717, 1.165) is 11.4 Å². The Morgan fingerprint density at radius 2 is 2.23 bits per heavy atom. The van der Waals surface area contributed by atoms with Gasteiger partial charge in [0.2, 0.25) is 5.91 Å². The molecule has 2 aromatic rings. The summed E-state index contributed by atoms with van der Waals surface area (Å²) in [6.45, 7) is 4.07. The molecule has 2 aromatic heterocycles. The van der Waals surface area contributed by atoms with Crippen molar-refractivity contribution in [3.63, 3.8) is 0 Å². The van der Waals surface area contributed by atoms with Gasteiger partial charge >= 0.3 is 0 Å². The highest BCUT2D eigenvalue weighted by molar-refractivity contribution is 7.13. The fourth-order valence-electron chi connectivity index (χ4n) is 2.11. The van der Waals surface area contributed by atoms with Crippen LogP contribution in [0, 0.1) is 5.92 Å². The number of thiazole rings is 1. The molecule has 0 aliphatic rings. The summed E-state index contributed by atoms with van der Waals surface area (Å²) in [5.74, 6) is 0.288. The Bertz CT molecular complexity index is 601. The molecule has 0 spiro atoms. The molecule has 0 aromatic carbocycles. The lowest BCUT2D eigenvalue weighted by molar-refractivity contribution is -0.121. The molecule has 0 fully saturated rings. The third-order valence-corrected chi connectivity index (χ3v) is 3.93. The zero-order valence-electron chi connectivity index (χ0n) is 12.7. The number of rotatable bonds is 7. The van der Waals surface area contributed by atoms with Crippen LogP contribution in [0.2, 0.25) is 0 Å². The number of amides is 1. The number of hydrogen-bond donors (Lipinski definition) is 2. The summed E-state index contributed by atoms with van der Waals surface area (Å²) in [7, 11) is 0. The average Bonchev–Trinajstić information content (AvgIpc) is 2.95. The summed E-state index contributed by atoms with van der Waals surface area (Å²) >= 11 is 1.44. The number of nitrogens with zero attached hydrogens (tertiary/aromatic N) is 3. The van der Waals surface area contributed by atoms with Gasteiger partial charge in [0, 0.05) is 17.8 Å². The zero-order chi connectivity index (χ0) is 15.9. The lowest BCUT2D eigenvalue weighted by Gasteiger charge is -2.17. The van der Waals surface area contributed by atoms with Crippen molar-refractivity contribution in [2.75, 3.05) is 6.61 Å². The van der Waals surface area contributed by atoms with Gasteiger partial charge < -0.3 is 10.4 Å². The van der Waals surface area contributed by atoms with Crippen molar-refractivity contribution in [1.29, 1.82) is 0 Å². The van der Waals surface area contributed by atoms with Crippen LogP contribution in [0.5, 0.6) is 0 Å². The van der Waals surface area contributed by atoms with Crippen LogP contribution in [0.3, 0.4) is 0 Å². The minimum Gasteiger partial charge on any atom is -0.394 e. The quantitative estimate of drug-likeness (QED) is 0.810. The number of carbonyl (C=O) groups is 1. The van der Waals surface area contributed by atoms with E-state index < -0.39 is 0 Å². The number of carbonyl (C=O) groups excluding carboxylic acids is 1. The minimum absolute atomic E-state index is 0.0498. The van der Waals surface area contributed by atoms with Gasteiger partial charge in [-0.25, -0.2) is 4.98 Å². The van der Waals surface area contributed by atoms with E-state index >= 15 is 0 Å². The van der Waals surface area contributed by atoms with Gasteiger partial charge in [0.15, 0.2) is 0 Å². The topological polar surface area (TPSA) is 88.0 Å². The first-order valence-electron chi connectivity index (χ1n) is 7.19. The summed E-state index contributed by atoms with van der Waals surface area (Å²) in [5, 5.41) is 14.7. The van der Waals surface area contributed by atoms with Crippen LogP contribution in [0.4, 0.5) is 0 Å². The molecule has 0 saturated carbocycles. The number of aromatic nitrogens is 3. The third-order valence-electron chi connectivity index (χ3n) is 3.02. The van der Waals surface area contributed by atoms with Crippen molar-refractivity contribution < 1.29 is 9.90 Å². The molecule has 2 rings (SSSR count). The minimum atomic E-state index is -0.203. The molecule has 1 unspecified atom stereocenters. The second kappa shape index (κ2) is 7.95. The van der Waals surface area contributed by atoms with Crippen molar-refractivity contribution in [2.45, 2.75) is 32.7 Å². The third kappa shape index (κ3) is 4.85. The van der Waals surface area contributed by atoms with E-state index in [1.54, 1.807) is 18.6 Å². The first kappa shape index (κ1) is 16.5. The molecule has 1 atom stereocenters. The van der Waals surface area contributed by atoms with Gasteiger partial charge in [-0.2, -0.15) is 0 Å². The molecule has 1 amide bonds. The molecule has 2 N–H and O–H groups in total. The van der Waals surface area contributed by atoms with E-state index in [0.29, 0.717) is 17.3 Å². The predicted octanol–water partition coefficient (Wildman–Crippen LogP) is 1.67. The molecular weight excluding hydrogens is 300 g/mol. The first-order chi connectivity index (χ1) is 10.6. The van der Waals surface area contributed by atoms with Crippen LogP contribution >= 0.6 is 11.3 Å². The fourth-order valence-corrected chi connectivity index (χ4v) is 2.89. The maximum absolute atomic E-state index is 12.0. The summed E-state index contributed by atoms with van der Waals surface area (Å²) in [5.41, 5.74) is 1.40. The molecule has 22 heavy (non-hydrogen) atoms. The molecule has 2 heterocycles. The Kier molecular flexibility index (Phi) is 5.97. The van der Waals surface area contributed by atoms with E-state index in [1.165, 1.54) is 11.3 Å². The van der Waals surface area contributed by atoms with Crippen molar-refractivity contribution in [3.05, 3.63) is 29.7 Å². The Morgan fingerprint density at radius 3 is 2.86 bits per heavy atom.